The number of hydrogen-bond acceptors (Lipinski definition) is 6. The molecule has 1 aromatic carbocycles. The van der Waals surface area contributed by atoms with Crippen LogP contribution in [-0.2, 0) is 34.3 Å². The zero-order valence-corrected chi connectivity index (χ0v) is 25.1. The van der Waals surface area contributed by atoms with E-state index in [-0.39, 0.29) is 11.5 Å². The first-order valence-corrected chi connectivity index (χ1v) is 13.9. The van der Waals surface area contributed by atoms with Crippen LogP contribution >= 0.6 is 0 Å². The summed E-state index contributed by atoms with van der Waals surface area (Å²) in [6.07, 6.45) is 1.67. The van der Waals surface area contributed by atoms with Crippen LogP contribution in [0.5, 0.6) is 0 Å². The van der Waals surface area contributed by atoms with Crippen LogP contribution in [0.25, 0.3) is 0 Å². The van der Waals surface area contributed by atoms with E-state index in [2.05, 4.69) is 107 Å². The standard InChI is InChI=1S/C28H47B3O6/c1-23(2)24(3,4)33-29(32-23)21(19-18-20-16-14-13-15-17-20)22(30-34-25(5,6)26(7,8)35-30)31-36-27(9,10)28(11,12)37-31/h13-17,21-22H,18-19H2,1-12H3. The molecule has 0 aromatic heterocycles. The summed E-state index contributed by atoms with van der Waals surface area (Å²) in [7, 11) is -1.55. The summed E-state index contributed by atoms with van der Waals surface area (Å²) in [6, 6.07) is 10.5. The van der Waals surface area contributed by atoms with Crippen molar-refractivity contribution in [2.45, 2.75) is 141 Å². The molecule has 0 saturated carbocycles. The Morgan fingerprint density at radius 3 is 1.19 bits per heavy atom. The highest BCUT2D eigenvalue weighted by Crippen LogP contribution is 2.53. The lowest BCUT2D eigenvalue weighted by Gasteiger charge is -2.32. The molecular weight excluding hydrogens is 465 g/mol. The van der Waals surface area contributed by atoms with Gasteiger partial charge in [-0.05, 0) is 107 Å². The lowest BCUT2D eigenvalue weighted by atomic mass is 9.39. The second kappa shape index (κ2) is 9.38. The molecule has 1 atom stereocenters. The van der Waals surface area contributed by atoms with E-state index in [0.717, 1.165) is 12.8 Å². The Bertz CT molecular complexity index is 878. The first kappa shape index (κ1) is 29.2. The molecular formula is C28H47B3O6. The molecule has 1 aromatic rings. The molecule has 3 heterocycles. The molecule has 3 aliphatic rings. The minimum atomic E-state index is -0.542. The Balaban J connectivity index is 1.75. The van der Waals surface area contributed by atoms with Crippen LogP contribution in [0.15, 0.2) is 30.3 Å². The van der Waals surface area contributed by atoms with Crippen molar-refractivity contribution < 1.29 is 27.9 Å². The van der Waals surface area contributed by atoms with E-state index in [1.807, 2.05) is 6.07 Å². The Morgan fingerprint density at radius 2 is 0.838 bits per heavy atom. The van der Waals surface area contributed by atoms with Gasteiger partial charge in [-0.25, -0.2) is 0 Å². The summed E-state index contributed by atoms with van der Waals surface area (Å²) >= 11 is 0. The van der Waals surface area contributed by atoms with Gasteiger partial charge in [0.05, 0.1) is 33.6 Å². The number of aryl methyl sites for hydroxylation is 1. The zero-order valence-electron chi connectivity index (χ0n) is 25.1. The van der Waals surface area contributed by atoms with E-state index in [1.54, 1.807) is 0 Å². The Morgan fingerprint density at radius 1 is 0.514 bits per heavy atom. The summed E-state index contributed by atoms with van der Waals surface area (Å²) in [4.78, 5) is 0. The van der Waals surface area contributed by atoms with Crippen molar-refractivity contribution in [3.63, 3.8) is 0 Å². The fraction of sp³-hybridized carbons (Fsp3) is 0.786. The van der Waals surface area contributed by atoms with Crippen molar-refractivity contribution >= 4 is 21.4 Å². The van der Waals surface area contributed by atoms with Crippen molar-refractivity contribution in [3.05, 3.63) is 35.9 Å². The Kier molecular flexibility index (Phi) is 7.39. The van der Waals surface area contributed by atoms with Crippen molar-refractivity contribution in [1.29, 1.82) is 0 Å². The van der Waals surface area contributed by atoms with Crippen molar-refractivity contribution in [3.8, 4) is 0 Å². The van der Waals surface area contributed by atoms with Gasteiger partial charge < -0.3 is 27.9 Å². The molecule has 4 rings (SSSR count). The summed E-state index contributed by atoms with van der Waals surface area (Å²) < 4.78 is 40.1. The molecule has 3 aliphatic heterocycles. The summed E-state index contributed by atoms with van der Waals surface area (Å²) in [6.45, 7) is 25.1. The second-order valence-electron chi connectivity index (χ2n) is 14.1. The van der Waals surface area contributed by atoms with Crippen molar-refractivity contribution in [2.24, 2.45) is 0 Å². The second-order valence-corrected chi connectivity index (χ2v) is 14.1. The molecule has 9 heteroatoms. The lowest BCUT2D eigenvalue weighted by Crippen LogP contribution is -2.45. The maximum atomic E-state index is 6.68. The average molecular weight is 512 g/mol. The molecule has 0 amide bonds. The highest BCUT2D eigenvalue weighted by molar-refractivity contribution is 6.71. The molecule has 0 aliphatic carbocycles. The fourth-order valence-corrected chi connectivity index (χ4v) is 5.17. The normalized spacial score (nSPS) is 27.8. The monoisotopic (exact) mass is 512 g/mol. The van der Waals surface area contributed by atoms with E-state index >= 15 is 0 Å². The van der Waals surface area contributed by atoms with Gasteiger partial charge in [-0.15, -0.1) is 0 Å². The minimum Gasteiger partial charge on any atom is -0.403 e. The molecule has 3 fully saturated rings. The Hall–Kier alpha value is -0.825. The van der Waals surface area contributed by atoms with E-state index in [9.17, 15) is 0 Å². The third-order valence-electron chi connectivity index (χ3n) is 9.90. The van der Waals surface area contributed by atoms with Crippen molar-refractivity contribution in [2.75, 3.05) is 0 Å². The molecule has 6 nitrogen and oxygen atoms in total. The van der Waals surface area contributed by atoms with E-state index in [0.29, 0.717) is 0 Å². The topological polar surface area (TPSA) is 55.4 Å². The molecule has 0 spiro atoms. The van der Waals surface area contributed by atoms with Gasteiger partial charge in [0.2, 0.25) is 0 Å². The molecule has 204 valence electrons. The molecule has 1 unspecified atom stereocenters. The number of rotatable bonds is 7. The predicted molar refractivity (Wildman–Crippen MR) is 151 cm³/mol. The molecule has 0 bridgehead atoms. The van der Waals surface area contributed by atoms with Gasteiger partial charge in [0, 0.05) is 5.72 Å². The lowest BCUT2D eigenvalue weighted by molar-refractivity contribution is 0.00578. The SMILES string of the molecule is CC1(C)OB(C(CCc2ccccc2)C(B2OC(C)(C)C(C)(C)O2)B2OC(C)(C)C(C)(C)O2)OC1(C)C. The van der Waals surface area contributed by atoms with E-state index in [4.69, 9.17) is 27.9 Å². The molecule has 37 heavy (non-hydrogen) atoms. The molecule has 3 saturated heterocycles. The quantitative estimate of drug-likeness (QED) is 0.408. The van der Waals surface area contributed by atoms with Crippen LogP contribution in [0.2, 0.25) is 11.5 Å². The van der Waals surface area contributed by atoms with Gasteiger partial charge in [0.15, 0.2) is 0 Å². The van der Waals surface area contributed by atoms with Gasteiger partial charge in [0.25, 0.3) is 0 Å². The first-order valence-electron chi connectivity index (χ1n) is 13.9. The predicted octanol–water partition coefficient (Wildman–Crippen LogP) is 6.18. The van der Waals surface area contributed by atoms with E-state index in [1.165, 1.54) is 5.56 Å². The van der Waals surface area contributed by atoms with Gasteiger partial charge in [-0.2, -0.15) is 0 Å². The fourth-order valence-electron chi connectivity index (χ4n) is 5.17. The van der Waals surface area contributed by atoms with Crippen LogP contribution in [0.4, 0.5) is 0 Å². The summed E-state index contributed by atoms with van der Waals surface area (Å²) in [5.41, 5.74) is -1.87. The maximum absolute atomic E-state index is 6.68. The maximum Gasteiger partial charge on any atom is 0.460 e. The molecule has 0 N–H and O–H groups in total. The highest BCUT2D eigenvalue weighted by Gasteiger charge is 2.66. The van der Waals surface area contributed by atoms with Crippen molar-refractivity contribution in [1.82, 2.24) is 0 Å². The minimum absolute atomic E-state index is 0.106. The van der Waals surface area contributed by atoms with Gasteiger partial charge in [-0.3, -0.25) is 0 Å². The van der Waals surface area contributed by atoms with E-state index < -0.39 is 55.0 Å². The third-order valence-corrected chi connectivity index (χ3v) is 9.90. The van der Waals surface area contributed by atoms with Crippen LogP contribution in [0, 0.1) is 0 Å². The largest absolute Gasteiger partial charge is 0.460 e. The molecule has 0 radical (unpaired) electrons. The summed E-state index contributed by atoms with van der Waals surface area (Å²) in [5.74, 6) is -0.106. The highest BCUT2D eigenvalue weighted by atomic mass is 16.7. The van der Waals surface area contributed by atoms with Gasteiger partial charge >= 0.3 is 21.4 Å². The summed E-state index contributed by atoms with van der Waals surface area (Å²) in [5, 5.41) is 0. The number of benzene rings is 1. The van der Waals surface area contributed by atoms with Crippen LogP contribution < -0.4 is 0 Å². The smallest absolute Gasteiger partial charge is 0.403 e. The number of hydrogen-bond donors (Lipinski definition) is 0. The van der Waals surface area contributed by atoms with Crippen LogP contribution in [-0.4, -0.2) is 55.0 Å². The van der Waals surface area contributed by atoms with Crippen LogP contribution in [0.3, 0.4) is 0 Å². The zero-order chi connectivity index (χ0) is 27.7. The van der Waals surface area contributed by atoms with Gasteiger partial charge in [0.1, 0.15) is 0 Å². The third kappa shape index (κ3) is 5.34. The van der Waals surface area contributed by atoms with Gasteiger partial charge in [-0.1, -0.05) is 30.3 Å². The average Bonchev–Trinajstić information content (AvgIpc) is 3.19. The van der Waals surface area contributed by atoms with Crippen LogP contribution in [0.1, 0.15) is 95.1 Å². The first-order chi connectivity index (χ1) is 16.8. The Labute approximate surface area is 226 Å².